The normalized spacial score (nSPS) is 12.0. The fourth-order valence-corrected chi connectivity index (χ4v) is 5.86. The molecule has 0 spiro atoms. The van der Waals surface area contributed by atoms with E-state index in [4.69, 9.17) is 11.3 Å². The molecular formula is C18H16F8O4Zr. The molecule has 2 aromatic rings. The molecule has 0 bridgehead atoms. The van der Waals surface area contributed by atoms with Gasteiger partial charge in [0.2, 0.25) is 0 Å². The summed E-state index contributed by atoms with van der Waals surface area (Å²) in [4.78, 5) is 0. The predicted molar refractivity (Wildman–Crippen MR) is 85.6 cm³/mol. The molecule has 0 amide bonds. The molecule has 0 aliphatic carbocycles. The van der Waals surface area contributed by atoms with E-state index in [1.165, 1.54) is 0 Å². The van der Waals surface area contributed by atoms with Crippen LogP contribution in [0.25, 0.3) is 0 Å². The Kier molecular flexibility index (Phi) is 8.37. The number of halogens is 8. The number of hydrogen-bond donors (Lipinski definition) is 0. The molecule has 0 unspecified atom stereocenters. The Balaban J connectivity index is 2.32. The second kappa shape index (κ2) is 10.0. The molecule has 0 saturated carbocycles. The van der Waals surface area contributed by atoms with E-state index in [2.05, 4.69) is 0 Å². The topological polar surface area (TPSA) is 36.9 Å². The maximum atomic E-state index is 14.0. The van der Waals surface area contributed by atoms with E-state index in [-0.39, 0.29) is 0 Å². The minimum absolute atomic E-state index is 0.821. The molecule has 0 N–H and O–H groups in total. The summed E-state index contributed by atoms with van der Waals surface area (Å²) in [7, 11) is 1.93. The van der Waals surface area contributed by atoms with Gasteiger partial charge in [-0.25, -0.2) is 0 Å². The van der Waals surface area contributed by atoms with Crippen LogP contribution >= 0.6 is 0 Å². The predicted octanol–water partition coefficient (Wildman–Crippen LogP) is 5.26. The molecule has 31 heavy (non-hydrogen) atoms. The first kappa shape index (κ1) is 25.9. The standard InChI is InChI=1S/2C8H5F4O.2CH3O.Zr/c2*1-3-5(9)7(11)4(2-13)8(12)6(3)10;2*1-2;/h2*2H2,1H3;2*1H3;/q4*-1;+4. The van der Waals surface area contributed by atoms with Gasteiger partial charge in [-0.15, -0.1) is 0 Å². The fourth-order valence-electron chi connectivity index (χ4n) is 2.51. The first-order valence-corrected chi connectivity index (χ1v) is 12.4. The quantitative estimate of drug-likeness (QED) is 0.339. The Morgan fingerprint density at radius 3 is 1.00 bits per heavy atom. The monoisotopic (exact) mass is 538 g/mol. The van der Waals surface area contributed by atoms with Gasteiger partial charge in [-0.2, -0.15) is 0 Å². The molecule has 0 saturated heterocycles. The van der Waals surface area contributed by atoms with Crippen LogP contribution < -0.4 is 0 Å². The summed E-state index contributed by atoms with van der Waals surface area (Å²) in [5.41, 5.74) is -4.08. The van der Waals surface area contributed by atoms with Gasteiger partial charge in [-0.3, -0.25) is 0 Å². The first-order valence-electron chi connectivity index (χ1n) is 8.43. The Morgan fingerprint density at radius 2 is 0.774 bits per heavy atom. The van der Waals surface area contributed by atoms with Gasteiger partial charge in [0.1, 0.15) is 0 Å². The zero-order chi connectivity index (χ0) is 23.7. The van der Waals surface area contributed by atoms with Crippen molar-refractivity contribution in [3.05, 3.63) is 68.8 Å². The molecule has 0 aliphatic rings. The van der Waals surface area contributed by atoms with Gasteiger partial charge in [0, 0.05) is 0 Å². The van der Waals surface area contributed by atoms with E-state index in [9.17, 15) is 35.1 Å². The average molecular weight is 540 g/mol. The summed E-state index contributed by atoms with van der Waals surface area (Å²) in [5.74, 6) is -13.5. The second-order valence-corrected chi connectivity index (χ2v) is 12.1. The summed E-state index contributed by atoms with van der Waals surface area (Å²) in [6.07, 6.45) is 0. The van der Waals surface area contributed by atoms with Crippen LogP contribution in [0.5, 0.6) is 0 Å². The van der Waals surface area contributed by atoms with Crippen LogP contribution in [0.3, 0.4) is 0 Å². The van der Waals surface area contributed by atoms with Crippen LogP contribution in [-0.2, 0) is 46.5 Å². The molecule has 4 nitrogen and oxygen atoms in total. The second-order valence-electron chi connectivity index (χ2n) is 6.20. The molecular weight excluding hydrogens is 523 g/mol. The van der Waals surface area contributed by atoms with Gasteiger partial charge in [-0.05, 0) is 0 Å². The molecule has 0 atom stereocenters. The molecule has 0 fully saturated rings. The maximum absolute atomic E-state index is 14.0. The average Bonchev–Trinajstić information content (AvgIpc) is 2.77. The number of benzene rings is 2. The van der Waals surface area contributed by atoms with Gasteiger partial charge in [-0.1, -0.05) is 0 Å². The molecule has 0 aliphatic heterocycles. The Hall–Kier alpha value is -1.40. The number of hydrogen-bond acceptors (Lipinski definition) is 4. The van der Waals surface area contributed by atoms with Gasteiger partial charge in [0.05, 0.1) is 0 Å². The minimum atomic E-state index is -5.34. The van der Waals surface area contributed by atoms with Crippen LogP contribution in [0.1, 0.15) is 22.3 Å². The van der Waals surface area contributed by atoms with E-state index in [1.807, 2.05) is 0 Å². The van der Waals surface area contributed by atoms with Crippen LogP contribution in [-0.4, -0.2) is 14.2 Å². The molecule has 172 valence electrons. The Bertz CT molecular complexity index is 864. The van der Waals surface area contributed by atoms with Crippen LogP contribution in [0.2, 0.25) is 0 Å². The molecule has 0 aromatic heterocycles. The third-order valence-corrected chi connectivity index (χ3v) is 9.34. The van der Waals surface area contributed by atoms with Crippen molar-refractivity contribution < 1.29 is 68.4 Å². The zero-order valence-electron chi connectivity index (χ0n) is 16.6. The summed E-state index contributed by atoms with van der Waals surface area (Å²) < 4.78 is 131. The van der Waals surface area contributed by atoms with E-state index in [0.717, 1.165) is 28.1 Å². The zero-order valence-corrected chi connectivity index (χ0v) is 19.0. The third kappa shape index (κ3) is 4.85. The summed E-state index contributed by atoms with van der Waals surface area (Å²) in [6.45, 7) is -0.626. The van der Waals surface area contributed by atoms with Crippen molar-refractivity contribution in [2.45, 2.75) is 27.1 Å². The van der Waals surface area contributed by atoms with Gasteiger partial charge >= 0.3 is 178 Å². The van der Waals surface area contributed by atoms with Crippen molar-refractivity contribution in [2.75, 3.05) is 14.2 Å². The molecule has 0 radical (unpaired) electrons. The van der Waals surface area contributed by atoms with E-state index in [1.54, 1.807) is 0 Å². The molecule has 2 rings (SSSR count). The first-order chi connectivity index (χ1) is 14.4. The van der Waals surface area contributed by atoms with E-state index >= 15 is 0 Å². The van der Waals surface area contributed by atoms with Crippen molar-refractivity contribution in [3.8, 4) is 0 Å². The van der Waals surface area contributed by atoms with Gasteiger partial charge < -0.3 is 0 Å². The third-order valence-electron chi connectivity index (χ3n) is 4.43. The van der Waals surface area contributed by atoms with Crippen LogP contribution in [0.15, 0.2) is 0 Å². The van der Waals surface area contributed by atoms with E-state index < -0.39 is 104 Å². The molecule has 2 aromatic carbocycles. The summed E-state index contributed by atoms with van der Waals surface area (Å²) in [5, 5.41) is 0. The van der Waals surface area contributed by atoms with Crippen molar-refractivity contribution in [2.24, 2.45) is 0 Å². The summed E-state index contributed by atoms with van der Waals surface area (Å²) in [6, 6.07) is 0. The molecule has 13 heteroatoms. The fraction of sp³-hybridized carbons (Fsp3) is 0.333. The van der Waals surface area contributed by atoms with Crippen molar-refractivity contribution >= 4 is 0 Å². The Morgan fingerprint density at radius 1 is 0.516 bits per heavy atom. The number of rotatable bonds is 8. The van der Waals surface area contributed by atoms with Crippen molar-refractivity contribution in [1.82, 2.24) is 0 Å². The van der Waals surface area contributed by atoms with Crippen LogP contribution in [0.4, 0.5) is 35.1 Å². The SMILES string of the molecule is C[O][Zr]([O]C)([O]Cc1c(F)c(F)c(C)c(F)c1F)[O]Cc1c(F)c(F)c(C)c(F)c1F. The summed E-state index contributed by atoms with van der Waals surface area (Å²) >= 11 is -5.34. The Labute approximate surface area is 178 Å². The van der Waals surface area contributed by atoms with Gasteiger partial charge in [0.25, 0.3) is 0 Å². The van der Waals surface area contributed by atoms with Gasteiger partial charge in [0.15, 0.2) is 0 Å². The molecule has 0 heterocycles. The van der Waals surface area contributed by atoms with E-state index in [0.29, 0.717) is 0 Å². The van der Waals surface area contributed by atoms with Crippen molar-refractivity contribution in [1.29, 1.82) is 0 Å². The van der Waals surface area contributed by atoms with Crippen molar-refractivity contribution in [3.63, 3.8) is 0 Å². The van der Waals surface area contributed by atoms with Crippen LogP contribution in [0, 0.1) is 60.4 Å².